The molecule has 4 aliphatic rings. The van der Waals surface area contributed by atoms with Crippen LogP contribution in [0.25, 0.3) is 0 Å². The van der Waals surface area contributed by atoms with E-state index >= 15 is 0 Å². The van der Waals surface area contributed by atoms with Gasteiger partial charge in [0.15, 0.2) is 0 Å². The van der Waals surface area contributed by atoms with Gasteiger partial charge in [-0.3, -0.25) is 13.9 Å². The lowest BCUT2D eigenvalue weighted by atomic mass is 9.48. The highest BCUT2D eigenvalue weighted by atomic mass is 32.2. The fourth-order valence-electron chi connectivity index (χ4n) is 8.83. The number of nitrogens with one attached hydrogen (secondary N) is 1. The van der Waals surface area contributed by atoms with Gasteiger partial charge in [0.1, 0.15) is 12.6 Å². The summed E-state index contributed by atoms with van der Waals surface area (Å²) in [6, 6.07) is 26.2. The van der Waals surface area contributed by atoms with Gasteiger partial charge in [-0.2, -0.15) is 0 Å². The van der Waals surface area contributed by atoms with Gasteiger partial charge in [-0.05, 0) is 104 Å². The van der Waals surface area contributed by atoms with E-state index in [4.69, 9.17) is 0 Å². The molecule has 0 radical (unpaired) electrons. The van der Waals surface area contributed by atoms with Crippen molar-refractivity contribution in [2.75, 3.05) is 17.1 Å². The summed E-state index contributed by atoms with van der Waals surface area (Å²) in [6.45, 7) is 3.72. The Morgan fingerprint density at radius 2 is 1.36 bits per heavy atom. The molecule has 2 atom stereocenters. The van der Waals surface area contributed by atoms with Gasteiger partial charge in [-0.25, -0.2) is 8.42 Å². The average molecular weight is 656 g/mol. The summed E-state index contributed by atoms with van der Waals surface area (Å²) in [6.07, 6.45) is 9.96. The van der Waals surface area contributed by atoms with E-state index in [1.807, 2.05) is 86.6 Å². The normalized spacial score (nSPS) is 24.4. The molecule has 0 aliphatic heterocycles. The summed E-state index contributed by atoms with van der Waals surface area (Å²) in [4.78, 5) is 29.8. The minimum Gasteiger partial charge on any atom is -0.352 e. The lowest BCUT2D eigenvalue weighted by Crippen LogP contribution is -2.54. The van der Waals surface area contributed by atoms with Crippen molar-refractivity contribution in [2.45, 2.75) is 89.3 Å². The van der Waals surface area contributed by atoms with Crippen LogP contribution in [0.4, 0.5) is 5.69 Å². The van der Waals surface area contributed by atoms with Crippen LogP contribution in [0.2, 0.25) is 0 Å². The SMILES string of the molecule is CC[C@@H](C)NC(=O)[C@H](Cc1ccccc1)N(Cc1ccccc1)C(=O)CN(c1ccc(C23CC4CC(CC(C4)C2)C3)cc1)S(C)(=O)=O. The van der Waals surface area contributed by atoms with Crippen LogP contribution in [0.1, 0.15) is 75.5 Å². The number of sulfonamides is 1. The summed E-state index contributed by atoms with van der Waals surface area (Å²) < 4.78 is 27.8. The van der Waals surface area contributed by atoms with Gasteiger partial charge >= 0.3 is 0 Å². The Kier molecular flexibility index (Phi) is 9.79. The molecule has 4 saturated carbocycles. The largest absolute Gasteiger partial charge is 0.352 e. The van der Waals surface area contributed by atoms with Crippen molar-refractivity contribution in [2.24, 2.45) is 17.8 Å². The van der Waals surface area contributed by atoms with E-state index in [1.54, 1.807) is 4.90 Å². The van der Waals surface area contributed by atoms with E-state index in [0.717, 1.165) is 41.6 Å². The molecule has 47 heavy (non-hydrogen) atoms. The number of anilines is 1. The lowest BCUT2D eigenvalue weighted by molar-refractivity contribution is -0.140. The highest BCUT2D eigenvalue weighted by molar-refractivity contribution is 7.92. The average Bonchev–Trinajstić information content (AvgIpc) is 3.05. The highest BCUT2D eigenvalue weighted by Gasteiger charge is 2.51. The van der Waals surface area contributed by atoms with Crippen LogP contribution in [0.3, 0.4) is 0 Å². The van der Waals surface area contributed by atoms with Gasteiger partial charge in [0.05, 0.1) is 11.9 Å². The molecule has 0 aromatic heterocycles. The summed E-state index contributed by atoms with van der Waals surface area (Å²) in [5.41, 5.74) is 3.75. The van der Waals surface area contributed by atoms with Gasteiger partial charge in [0.2, 0.25) is 21.8 Å². The number of nitrogens with zero attached hydrogens (tertiary/aromatic N) is 2. The first-order chi connectivity index (χ1) is 22.5. The number of hydrogen-bond acceptors (Lipinski definition) is 4. The molecule has 1 N–H and O–H groups in total. The van der Waals surface area contributed by atoms with Crippen LogP contribution < -0.4 is 9.62 Å². The first kappa shape index (κ1) is 33.3. The van der Waals surface area contributed by atoms with Crippen LogP contribution >= 0.6 is 0 Å². The highest BCUT2D eigenvalue weighted by Crippen LogP contribution is 2.60. The fourth-order valence-corrected chi connectivity index (χ4v) is 9.68. The van der Waals surface area contributed by atoms with Crippen LogP contribution in [-0.2, 0) is 38.0 Å². The molecule has 7 nitrogen and oxygen atoms in total. The number of rotatable bonds is 13. The van der Waals surface area contributed by atoms with E-state index in [-0.39, 0.29) is 23.9 Å². The van der Waals surface area contributed by atoms with E-state index in [1.165, 1.54) is 48.4 Å². The second kappa shape index (κ2) is 13.8. The monoisotopic (exact) mass is 655 g/mol. The molecule has 0 unspecified atom stereocenters. The first-order valence-electron chi connectivity index (χ1n) is 17.3. The van der Waals surface area contributed by atoms with Gasteiger partial charge in [0.25, 0.3) is 0 Å². The van der Waals surface area contributed by atoms with Crippen LogP contribution in [0.5, 0.6) is 0 Å². The number of hydrogen-bond donors (Lipinski definition) is 1. The maximum atomic E-state index is 14.4. The van der Waals surface area contributed by atoms with Crippen molar-refractivity contribution in [3.8, 4) is 0 Å². The molecular weight excluding hydrogens is 607 g/mol. The zero-order valence-electron chi connectivity index (χ0n) is 28.0. The zero-order valence-corrected chi connectivity index (χ0v) is 28.8. The maximum absolute atomic E-state index is 14.4. The Balaban J connectivity index is 1.30. The predicted octanol–water partition coefficient (Wildman–Crippen LogP) is 6.48. The minimum atomic E-state index is -3.82. The lowest BCUT2D eigenvalue weighted by Gasteiger charge is -2.57. The van der Waals surface area contributed by atoms with Crippen molar-refractivity contribution in [1.29, 1.82) is 0 Å². The van der Waals surface area contributed by atoms with E-state index in [9.17, 15) is 18.0 Å². The zero-order chi connectivity index (χ0) is 33.2. The quantitative estimate of drug-likeness (QED) is 0.229. The third-order valence-corrected chi connectivity index (χ3v) is 12.1. The maximum Gasteiger partial charge on any atom is 0.244 e. The topological polar surface area (TPSA) is 86.8 Å². The van der Waals surface area contributed by atoms with E-state index in [2.05, 4.69) is 17.4 Å². The van der Waals surface area contributed by atoms with Crippen molar-refractivity contribution < 1.29 is 18.0 Å². The predicted molar refractivity (Wildman–Crippen MR) is 187 cm³/mol. The van der Waals surface area contributed by atoms with E-state index in [0.29, 0.717) is 12.1 Å². The molecule has 2 amide bonds. The van der Waals surface area contributed by atoms with Crippen molar-refractivity contribution in [3.63, 3.8) is 0 Å². The number of carbonyl (C=O) groups excluding carboxylic acids is 2. The van der Waals surface area contributed by atoms with Gasteiger partial charge in [-0.15, -0.1) is 0 Å². The summed E-state index contributed by atoms with van der Waals surface area (Å²) in [7, 11) is -3.82. The molecule has 4 bridgehead atoms. The first-order valence-corrected chi connectivity index (χ1v) is 19.1. The smallest absolute Gasteiger partial charge is 0.244 e. The Morgan fingerprint density at radius 3 is 1.87 bits per heavy atom. The fraction of sp³-hybridized carbons (Fsp3) is 0.487. The van der Waals surface area contributed by atoms with Gasteiger partial charge < -0.3 is 10.2 Å². The molecule has 3 aromatic rings. The van der Waals surface area contributed by atoms with Crippen molar-refractivity contribution in [1.82, 2.24) is 10.2 Å². The van der Waals surface area contributed by atoms with Gasteiger partial charge in [-0.1, -0.05) is 79.7 Å². The number of benzene rings is 3. The molecule has 4 fully saturated rings. The molecule has 7 rings (SSSR count). The molecule has 250 valence electrons. The third kappa shape index (κ3) is 7.58. The molecule has 8 heteroatoms. The van der Waals surface area contributed by atoms with Gasteiger partial charge in [0, 0.05) is 19.0 Å². The van der Waals surface area contributed by atoms with Crippen LogP contribution in [0, 0.1) is 17.8 Å². The number of amides is 2. The Hall–Kier alpha value is -3.65. The molecule has 3 aromatic carbocycles. The second-order valence-corrected chi connectivity index (χ2v) is 16.5. The van der Waals surface area contributed by atoms with Crippen LogP contribution in [-0.4, -0.2) is 50.0 Å². The second-order valence-electron chi connectivity index (χ2n) is 14.5. The van der Waals surface area contributed by atoms with E-state index < -0.39 is 28.5 Å². The number of carbonyl (C=O) groups is 2. The summed E-state index contributed by atoms with van der Waals surface area (Å²) in [5, 5.41) is 3.08. The Morgan fingerprint density at radius 1 is 0.830 bits per heavy atom. The molecule has 4 aliphatic carbocycles. The molecule has 0 spiro atoms. The van der Waals surface area contributed by atoms with Crippen molar-refractivity contribution >= 4 is 27.5 Å². The third-order valence-electron chi connectivity index (χ3n) is 11.0. The summed E-state index contributed by atoms with van der Waals surface area (Å²) in [5.74, 6) is 1.75. The minimum absolute atomic E-state index is 0.0746. The molecule has 0 saturated heterocycles. The standard InChI is InChI=1S/C39H49N3O4S/c1-4-28(2)40-38(44)36(22-29-11-7-5-8-12-29)41(26-30-13-9-6-10-14-30)37(43)27-42(47(3,45)46)35-17-15-34(16-18-35)39-23-31-19-32(24-39)21-33(20-31)25-39/h5-18,28,31-33,36H,4,19-27H2,1-3H3,(H,40,44)/t28-,31?,32?,33?,36+,39?/m1/s1. The molecule has 0 heterocycles. The van der Waals surface area contributed by atoms with Crippen molar-refractivity contribution in [3.05, 3.63) is 102 Å². The summed E-state index contributed by atoms with van der Waals surface area (Å²) >= 11 is 0. The Bertz CT molecular complexity index is 1610. The Labute approximate surface area is 280 Å². The molecular formula is C39H49N3O4S. The van der Waals surface area contributed by atoms with Crippen LogP contribution in [0.15, 0.2) is 84.9 Å².